The molecule has 1 unspecified atom stereocenters. The average molecular weight is 342 g/mol. The van der Waals surface area contributed by atoms with E-state index in [0.717, 1.165) is 23.1 Å². The van der Waals surface area contributed by atoms with Crippen LogP contribution >= 0.6 is 27.3 Å². The molecule has 0 amide bonds. The van der Waals surface area contributed by atoms with Gasteiger partial charge < -0.3 is 5.32 Å². The summed E-state index contributed by atoms with van der Waals surface area (Å²) in [5.41, 5.74) is 5.06. The summed E-state index contributed by atoms with van der Waals surface area (Å²) in [7, 11) is 2.01. The topological polar surface area (TPSA) is 29.9 Å². The minimum atomic E-state index is 0.349. The molecule has 104 valence electrons. The van der Waals surface area contributed by atoms with Crippen LogP contribution in [0.3, 0.4) is 0 Å². The van der Waals surface area contributed by atoms with Crippen LogP contribution in [0, 0.1) is 13.8 Å². The van der Waals surface area contributed by atoms with Crippen LogP contribution in [0.4, 0.5) is 0 Å². The van der Waals surface area contributed by atoms with Gasteiger partial charge in [0.2, 0.25) is 0 Å². The van der Waals surface area contributed by atoms with Gasteiger partial charge in [0.1, 0.15) is 0 Å². The van der Waals surface area contributed by atoms with Crippen LogP contribution in [0.15, 0.2) is 15.2 Å². The number of hydrogen-bond acceptors (Lipinski definition) is 3. The Labute approximate surface area is 127 Å². The lowest BCUT2D eigenvalue weighted by atomic mass is 10.0. The maximum Gasteiger partial charge on any atom is 0.0738 e. The van der Waals surface area contributed by atoms with Gasteiger partial charge in [-0.1, -0.05) is 6.92 Å². The van der Waals surface area contributed by atoms with Gasteiger partial charge in [-0.05, 0) is 58.2 Å². The molecule has 19 heavy (non-hydrogen) atoms. The second kappa shape index (κ2) is 6.20. The SMILES string of the molecule is CCNC(Cc1c(Br)c(C)nn1C)c1cscc1C. The molecule has 0 saturated carbocycles. The standard InChI is InChI=1S/C14H20BrN3S/c1-5-16-12(11-8-19-7-9(11)2)6-13-14(15)10(3)17-18(13)4/h7-8,12,16H,5-6H2,1-4H3. The zero-order valence-electron chi connectivity index (χ0n) is 11.8. The van der Waals surface area contributed by atoms with Crippen LogP contribution < -0.4 is 5.32 Å². The Kier molecular flexibility index (Phi) is 4.81. The predicted molar refractivity (Wildman–Crippen MR) is 84.8 cm³/mol. The van der Waals surface area contributed by atoms with E-state index in [2.05, 4.69) is 51.0 Å². The molecule has 3 nitrogen and oxygen atoms in total. The first-order chi connectivity index (χ1) is 9.04. The molecule has 0 fully saturated rings. The first kappa shape index (κ1) is 14.8. The number of hydrogen-bond donors (Lipinski definition) is 1. The van der Waals surface area contributed by atoms with E-state index in [1.807, 2.05) is 18.7 Å². The van der Waals surface area contributed by atoms with Crippen molar-refractivity contribution in [3.63, 3.8) is 0 Å². The Balaban J connectivity index is 2.29. The fraction of sp³-hybridized carbons (Fsp3) is 0.500. The van der Waals surface area contributed by atoms with Crippen LogP contribution in [-0.2, 0) is 13.5 Å². The van der Waals surface area contributed by atoms with Crippen LogP contribution in [-0.4, -0.2) is 16.3 Å². The number of nitrogens with one attached hydrogen (secondary N) is 1. The summed E-state index contributed by atoms with van der Waals surface area (Å²) < 4.78 is 3.11. The molecule has 0 saturated heterocycles. The maximum atomic E-state index is 4.47. The second-order valence-electron chi connectivity index (χ2n) is 4.79. The number of aryl methyl sites for hydroxylation is 3. The number of aromatic nitrogens is 2. The quantitative estimate of drug-likeness (QED) is 0.897. The van der Waals surface area contributed by atoms with Crippen molar-refractivity contribution in [3.05, 3.63) is 37.7 Å². The molecule has 2 rings (SSSR count). The third kappa shape index (κ3) is 3.09. The van der Waals surface area contributed by atoms with Crippen LogP contribution in [0.5, 0.6) is 0 Å². The number of thiophene rings is 1. The van der Waals surface area contributed by atoms with E-state index in [-0.39, 0.29) is 0 Å². The van der Waals surface area contributed by atoms with Crippen LogP contribution in [0.25, 0.3) is 0 Å². The van der Waals surface area contributed by atoms with Gasteiger partial charge >= 0.3 is 0 Å². The minimum absolute atomic E-state index is 0.349. The van der Waals surface area contributed by atoms with E-state index in [0.29, 0.717) is 6.04 Å². The third-order valence-electron chi connectivity index (χ3n) is 3.38. The predicted octanol–water partition coefficient (Wildman–Crippen LogP) is 3.75. The van der Waals surface area contributed by atoms with Crippen molar-refractivity contribution in [3.8, 4) is 0 Å². The Hall–Kier alpha value is -0.650. The van der Waals surface area contributed by atoms with Crippen molar-refractivity contribution in [1.29, 1.82) is 0 Å². The largest absolute Gasteiger partial charge is 0.310 e. The first-order valence-corrected chi connectivity index (χ1v) is 8.22. The van der Waals surface area contributed by atoms with E-state index in [1.54, 1.807) is 11.3 Å². The fourth-order valence-electron chi connectivity index (χ4n) is 2.36. The molecule has 0 aliphatic rings. The molecule has 0 aromatic carbocycles. The molecule has 0 aliphatic carbocycles. The van der Waals surface area contributed by atoms with Gasteiger partial charge in [0, 0.05) is 19.5 Å². The third-order valence-corrected chi connectivity index (χ3v) is 5.29. The number of nitrogens with zero attached hydrogens (tertiary/aromatic N) is 2. The number of halogens is 1. The van der Waals surface area contributed by atoms with Crippen molar-refractivity contribution >= 4 is 27.3 Å². The highest BCUT2D eigenvalue weighted by molar-refractivity contribution is 9.10. The minimum Gasteiger partial charge on any atom is -0.310 e. The molecule has 0 bridgehead atoms. The van der Waals surface area contributed by atoms with Crippen LogP contribution in [0.1, 0.15) is 35.5 Å². The second-order valence-corrected chi connectivity index (χ2v) is 6.33. The van der Waals surface area contributed by atoms with Gasteiger partial charge in [0.15, 0.2) is 0 Å². The Morgan fingerprint density at radius 2 is 2.16 bits per heavy atom. The summed E-state index contributed by atoms with van der Waals surface area (Å²) in [6.45, 7) is 7.33. The molecule has 1 atom stereocenters. The van der Waals surface area contributed by atoms with Crippen molar-refractivity contribution < 1.29 is 0 Å². The molecule has 1 N–H and O–H groups in total. The molecule has 2 aromatic heterocycles. The maximum absolute atomic E-state index is 4.47. The van der Waals surface area contributed by atoms with E-state index in [4.69, 9.17) is 0 Å². The summed E-state index contributed by atoms with van der Waals surface area (Å²) >= 11 is 5.42. The Bertz CT molecular complexity index is 559. The lowest BCUT2D eigenvalue weighted by Crippen LogP contribution is -2.24. The first-order valence-electron chi connectivity index (χ1n) is 6.48. The molecule has 5 heteroatoms. The molecule has 0 radical (unpaired) electrons. The monoisotopic (exact) mass is 341 g/mol. The highest BCUT2D eigenvalue weighted by Gasteiger charge is 2.19. The lowest BCUT2D eigenvalue weighted by Gasteiger charge is -2.18. The van der Waals surface area contributed by atoms with Crippen molar-refractivity contribution in [2.24, 2.45) is 7.05 Å². The number of likely N-dealkylation sites (N-methyl/N-ethyl adjacent to an activating group) is 1. The molecular formula is C14H20BrN3S. The normalized spacial score (nSPS) is 12.9. The molecule has 0 spiro atoms. The van der Waals surface area contributed by atoms with Gasteiger partial charge in [-0.2, -0.15) is 16.4 Å². The number of rotatable bonds is 5. The fourth-order valence-corrected chi connectivity index (χ4v) is 3.76. The van der Waals surface area contributed by atoms with Gasteiger partial charge in [-0.3, -0.25) is 4.68 Å². The summed E-state index contributed by atoms with van der Waals surface area (Å²) in [5.74, 6) is 0. The Morgan fingerprint density at radius 3 is 2.63 bits per heavy atom. The molecule has 0 aliphatic heterocycles. The van der Waals surface area contributed by atoms with Crippen LogP contribution in [0.2, 0.25) is 0 Å². The summed E-state index contributed by atoms with van der Waals surface area (Å²) in [6, 6.07) is 0.349. The summed E-state index contributed by atoms with van der Waals surface area (Å²) in [4.78, 5) is 0. The van der Waals surface area contributed by atoms with Gasteiger partial charge in [0.25, 0.3) is 0 Å². The van der Waals surface area contributed by atoms with Gasteiger partial charge in [0.05, 0.1) is 15.9 Å². The summed E-state index contributed by atoms with van der Waals surface area (Å²) in [6.07, 6.45) is 0.948. The van der Waals surface area contributed by atoms with E-state index in [1.165, 1.54) is 16.8 Å². The van der Waals surface area contributed by atoms with Crippen molar-refractivity contribution in [1.82, 2.24) is 15.1 Å². The summed E-state index contributed by atoms with van der Waals surface area (Å²) in [5, 5.41) is 12.5. The van der Waals surface area contributed by atoms with E-state index < -0.39 is 0 Å². The zero-order valence-corrected chi connectivity index (χ0v) is 14.2. The zero-order chi connectivity index (χ0) is 14.0. The van der Waals surface area contributed by atoms with Crippen molar-refractivity contribution in [2.75, 3.05) is 6.54 Å². The Morgan fingerprint density at radius 1 is 1.42 bits per heavy atom. The molecular weight excluding hydrogens is 322 g/mol. The van der Waals surface area contributed by atoms with Crippen molar-refractivity contribution in [2.45, 2.75) is 33.2 Å². The lowest BCUT2D eigenvalue weighted by molar-refractivity contribution is 0.527. The van der Waals surface area contributed by atoms with Gasteiger partial charge in [-0.15, -0.1) is 0 Å². The molecule has 2 heterocycles. The van der Waals surface area contributed by atoms with Gasteiger partial charge in [-0.25, -0.2) is 0 Å². The highest BCUT2D eigenvalue weighted by Crippen LogP contribution is 2.28. The smallest absolute Gasteiger partial charge is 0.0738 e. The highest BCUT2D eigenvalue weighted by atomic mass is 79.9. The van der Waals surface area contributed by atoms with E-state index >= 15 is 0 Å². The van der Waals surface area contributed by atoms with E-state index in [9.17, 15) is 0 Å². The average Bonchev–Trinajstić information content (AvgIpc) is 2.88. The molecule has 2 aromatic rings.